The summed E-state index contributed by atoms with van der Waals surface area (Å²) in [7, 11) is 1.52. The van der Waals surface area contributed by atoms with E-state index in [-0.39, 0.29) is 12.6 Å². The standard InChI is InChI=1S/C14H18BrNO5/c1-8(2)21-13-4-9(10(15)5-12(13)20-3)11(7-17)16-6-14(18)19/h4-5,7-8,11,16H,6H2,1-3H3,(H,18,19). The average Bonchev–Trinajstić information content (AvgIpc) is 2.41. The van der Waals surface area contributed by atoms with Crippen molar-refractivity contribution >= 4 is 28.2 Å². The van der Waals surface area contributed by atoms with Crippen LogP contribution in [0.25, 0.3) is 0 Å². The largest absolute Gasteiger partial charge is 0.493 e. The van der Waals surface area contributed by atoms with Gasteiger partial charge in [-0.05, 0) is 31.5 Å². The van der Waals surface area contributed by atoms with Gasteiger partial charge in [-0.2, -0.15) is 0 Å². The topological polar surface area (TPSA) is 84.9 Å². The molecular weight excluding hydrogens is 342 g/mol. The Morgan fingerprint density at radius 2 is 2.10 bits per heavy atom. The Morgan fingerprint density at radius 1 is 1.43 bits per heavy atom. The second kappa shape index (κ2) is 7.99. The van der Waals surface area contributed by atoms with E-state index in [0.717, 1.165) is 0 Å². The molecule has 1 aromatic carbocycles. The van der Waals surface area contributed by atoms with Gasteiger partial charge >= 0.3 is 5.97 Å². The Hall–Kier alpha value is -1.60. The van der Waals surface area contributed by atoms with E-state index in [1.807, 2.05) is 13.8 Å². The number of hydrogen-bond acceptors (Lipinski definition) is 5. The number of carbonyl (C=O) groups is 2. The Bertz CT molecular complexity index is 518. The Kier molecular flexibility index (Phi) is 6.64. The molecule has 1 rings (SSSR count). The molecule has 2 N–H and O–H groups in total. The van der Waals surface area contributed by atoms with Gasteiger partial charge in [0.05, 0.1) is 25.8 Å². The average molecular weight is 360 g/mol. The molecule has 0 fully saturated rings. The number of rotatable bonds is 8. The second-order valence-corrected chi connectivity index (χ2v) is 5.43. The highest BCUT2D eigenvalue weighted by Gasteiger charge is 2.19. The normalized spacial score (nSPS) is 12.0. The molecule has 0 heterocycles. The van der Waals surface area contributed by atoms with Crippen molar-refractivity contribution in [2.45, 2.75) is 26.0 Å². The molecule has 0 spiro atoms. The van der Waals surface area contributed by atoms with Gasteiger partial charge in [0.25, 0.3) is 0 Å². The number of ether oxygens (including phenoxy) is 2. The highest BCUT2D eigenvalue weighted by atomic mass is 79.9. The number of benzene rings is 1. The summed E-state index contributed by atoms with van der Waals surface area (Å²) in [4.78, 5) is 21.8. The van der Waals surface area contributed by atoms with Crippen molar-refractivity contribution in [3.63, 3.8) is 0 Å². The first-order chi connectivity index (χ1) is 9.88. The first-order valence-electron chi connectivity index (χ1n) is 6.33. The number of carboxylic acids is 1. The number of aldehydes is 1. The van der Waals surface area contributed by atoms with Crippen molar-refractivity contribution < 1.29 is 24.2 Å². The minimum absolute atomic E-state index is 0.0606. The zero-order valence-electron chi connectivity index (χ0n) is 12.1. The van der Waals surface area contributed by atoms with E-state index in [4.69, 9.17) is 14.6 Å². The molecule has 1 unspecified atom stereocenters. The van der Waals surface area contributed by atoms with Crippen molar-refractivity contribution in [3.05, 3.63) is 22.2 Å². The Labute approximate surface area is 131 Å². The molecule has 21 heavy (non-hydrogen) atoms. The lowest BCUT2D eigenvalue weighted by Gasteiger charge is -2.19. The number of carbonyl (C=O) groups excluding carboxylic acids is 1. The molecule has 0 bridgehead atoms. The Balaban J connectivity index is 3.14. The van der Waals surface area contributed by atoms with Crippen LogP contribution in [-0.4, -0.2) is 37.1 Å². The molecule has 0 saturated carbocycles. The number of hydrogen-bond donors (Lipinski definition) is 2. The van der Waals surface area contributed by atoms with Gasteiger partial charge in [-0.3, -0.25) is 10.1 Å². The number of aliphatic carboxylic acids is 1. The maximum atomic E-state index is 11.2. The molecule has 1 atom stereocenters. The summed E-state index contributed by atoms with van der Waals surface area (Å²) >= 11 is 3.35. The first-order valence-corrected chi connectivity index (χ1v) is 7.12. The van der Waals surface area contributed by atoms with Gasteiger partial charge in [0, 0.05) is 4.47 Å². The van der Waals surface area contributed by atoms with Gasteiger partial charge in [-0.15, -0.1) is 0 Å². The van der Waals surface area contributed by atoms with Crippen LogP contribution in [-0.2, 0) is 9.59 Å². The first kappa shape index (κ1) is 17.5. The van der Waals surface area contributed by atoms with E-state index in [2.05, 4.69) is 21.2 Å². The zero-order chi connectivity index (χ0) is 16.0. The fraction of sp³-hybridized carbons (Fsp3) is 0.429. The predicted molar refractivity (Wildman–Crippen MR) is 80.9 cm³/mol. The van der Waals surface area contributed by atoms with Crippen molar-refractivity contribution in [3.8, 4) is 11.5 Å². The molecule has 0 radical (unpaired) electrons. The predicted octanol–water partition coefficient (Wildman–Crippen LogP) is 2.16. The molecular formula is C14H18BrNO5. The zero-order valence-corrected chi connectivity index (χ0v) is 13.6. The Morgan fingerprint density at radius 3 is 2.57 bits per heavy atom. The highest BCUT2D eigenvalue weighted by Crippen LogP contribution is 2.36. The number of halogens is 1. The highest BCUT2D eigenvalue weighted by molar-refractivity contribution is 9.10. The molecule has 116 valence electrons. The molecule has 6 nitrogen and oxygen atoms in total. The third-order valence-electron chi connectivity index (χ3n) is 2.59. The van der Waals surface area contributed by atoms with Crippen LogP contribution in [0.15, 0.2) is 16.6 Å². The quantitative estimate of drug-likeness (QED) is 0.691. The van der Waals surface area contributed by atoms with Crippen LogP contribution in [0.5, 0.6) is 11.5 Å². The monoisotopic (exact) mass is 359 g/mol. The fourth-order valence-corrected chi connectivity index (χ4v) is 2.29. The van der Waals surface area contributed by atoms with Crippen LogP contribution in [0.3, 0.4) is 0 Å². The van der Waals surface area contributed by atoms with Gasteiger partial charge in [-0.1, -0.05) is 15.9 Å². The van der Waals surface area contributed by atoms with Crippen molar-refractivity contribution in [2.24, 2.45) is 0 Å². The number of methoxy groups -OCH3 is 1. The van der Waals surface area contributed by atoms with Crippen molar-refractivity contribution in [1.82, 2.24) is 5.32 Å². The van der Waals surface area contributed by atoms with Crippen LogP contribution in [0.1, 0.15) is 25.5 Å². The third-order valence-corrected chi connectivity index (χ3v) is 3.28. The van der Waals surface area contributed by atoms with Gasteiger partial charge in [-0.25, -0.2) is 0 Å². The summed E-state index contributed by atoms with van der Waals surface area (Å²) in [6.07, 6.45) is 0.587. The molecule has 0 aliphatic heterocycles. The summed E-state index contributed by atoms with van der Waals surface area (Å²) in [5.74, 6) is -0.0120. The summed E-state index contributed by atoms with van der Waals surface area (Å²) in [6.45, 7) is 3.43. The molecule has 0 aliphatic rings. The summed E-state index contributed by atoms with van der Waals surface area (Å²) in [5, 5.41) is 11.3. The van der Waals surface area contributed by atoms with Crippen molar-refractivity contribution in [2.75, 3.05) is 13.7 Å². The molecule has 7 heteroatoms. The molecule has 0 aromatic heterocycles. The minimum atomic E-state index is -1.04. The van der Waals surface area contributed by atoms with Crippen molar-refractivity contribution in [1.29, 1.82) is 0 Å². The van der Waals surface area contributed by atoms with E-state index in [1.165, 1.54) is 7.11 Å². The van der Waals surface area contributed by atoms with Crippen LogP contribution in [0.2, 0.25) is 0 Å². The molecule has 0 amide bonds. The summed E-state index contributed by atoms with van der Waals surface area (Å²) in [5.41, 5.74) is 0.586. The second-order valence-electron chi connectivity index (χ2n) is 4.58. The number of carboxylic acid groups (broad SMARTS) is 1. The van der Waals surface area contributed by atoms with E-state index >= 15 is 0 Å². The van der Waals surface area contributed by atoms with E-state index in [1.54, 1.807) is 12.1 Å². The van der Waals surface area contributed by atoms with E-state index in [0.29, 0.717) is 27.8 Å². The fourth-order valence-electron chi connectivity index (χ4n) is 1.72. The van der Waals surface area contributed by atoms with E-state index in [9.17, 15) is 9.59 Å². The molecule has 1 aromatic rings. The van der Waals surface area contributed by atoms with Crippen LogP contribution in [0.4, 0.5) is 0 Å². The van der Waals surface area contributed by atoms with Crippen LogP contribution < -0.4 is 14.8 Å². The van der Waals surface area contributed by atoms with Gasteiger partial charge in [0.2, 0.25) is 0 Å². The SMILES string of the molecule is COc1cc(Br)c(C(C=O)NCC(=O)O)cc1OC(C)C. The van der Waals surface area contributed by atoms with Crippen LogP contribution >= 0.6 is 15.9 Å². The molecule has 0 saturated heterocycles. The maximum absolute atomic E-state index is 11.2. The summed E-state index contributed by atoms with van der Waals surface area (Å²) in [6, 6.07) is 2.60. The van der Waals surface area contributed by atoms with Crippen LogP contribution in [0, 0.1) is 0 Å². The lowest BCUT2D eigenvalue weighted by Crippen LogP contribution is -2.28. The third kappa shape index (κ3) is 5.02. The molecule has 0 aliphatic carbocycles. The lowest BCUT2D eigenvalue weighted by atomic mass is 10.1. The maximum Gasteiger partial charge on any atom is 0.317 e. The summed E-state index contributed by atoms with van der Waals surface area (Å²) < 4.78 is 11.5. The van der Waals surface area contributed by atoms with Gasteiger partial charge in [0.1, 0.15) is 6.29 Å². The van der Waals surface area contributed by atoms with Gasteiger partial charge < -0.3 is 19.4 Å². The van der Waals surface area contributed by atoms with Gasteiger partial charge in [0.15, 0.2) is 11.5 Å². The number of nitrogens with one attached hydrogen (secondary N) is 1. The van der Waals surface area contributed by atoms with E-state index < -0.39 is 12.0 Å². The minimum Gasteiger partial charge on any atom is -0.493 e. The smallest absolute Gasteiger partial charge is 0.317 e. The lowest BCUT2D eigenvalue weighted by molar-refractivity contribution is -0.136.